The lowest BCUT2D eigenvalue weighted by Gasteiger charge is -2.33. The molecule has 0 bridgehead atoms. The minimum atomic E-state index is -0.437. The molecule has 1 atom stereocenters. The minimum Gasteiger partial charge on any atom is -0.475 e. The number of halogens is 1. The van der Waals surface area contributed by atoms with Crippen molar-refractivity contribution in [3.05, 3.63) is 54.3 Å². The van der Waals surface area contributed by atoms with Gasteiger partial charge in [0.1, 0.15) is 5.82 Å². The van der Waals surface area contributed by atoms with Gasteiger partial charge in [-0.1, -0.05) is 24.3 Å². The lowest BCUT2D eigenvalue weighted by Crippen LogP contribution is -2.41. The van der Waals surface area contributed by atoms with Crippen LogP contribution in [0.15, 0.2) is 48.5 Å². The van der Waals surface area contributed by atoms with Gasteiger partial charge in [-0.3, -0.25) is 4.79 Å². The van der Waals surface area contributed by atoms with Crippen LogP contribution >= 0.6 is 0 Å². The van der Waals surface area contributed by atoms with Gasteiger partial charge in [-0.2, -0.15) is 0 Å². The molecule has 1 aromatic heterocycles. The molecule has 0 aliphatic carbocycles. The summed E-state index contributed by atoms with van der Waals surface area (Å²) in [6.07, 6.45) is 1.57. The maximum atomic E-state index is 13.9. The molecule has 7 heteroatoms. The van der Waals surface area contributed by atoms with E-state index in [9.17, 15) is 9.18 Å². The first-order valence-corrected chi connectivity index (χ1v) is 9.85. The SMILES string of the molecule is CCOc1nc2ccccc2nc1N1CCCC(C(=O)Nc2ccccc2F)C1. The zero-order valence-electron chi connectivity index (χ0n) is 16.3. The lowest BCUT2D eigenvalue weighted by atomic mass is 9.97. The number of carbonyl (C=O) groups is 1. The third kappa shape index (κ3) is 4.13. The monoisotopic (exact) mass is 394 g/mol. The topological polar surface area (TPSA) is 67.4 Å². The Morgan fingerprint density at radius 1 is 1.17 bits per heavy atom. The first-order valence-electron chi connectivity index (χ1n) is 9.85. The van der Waals surface area contributed by atoms with Crippen LogP contribution < -0.4 is 15.0 Å². The van der Waals surface area contributed by atoms with E-state index < -0.39 is 5.82 Å². The highest BCUT2D eigenvalue weighted by molar-refractivity contribution is 5.93. The van der Waals surface area contributed by atoms with E-state index >= 15 is 0 Å². The van der Waals surface area contributed by atoms with Crippen molar-refractivity contribution in [2.24, 2.45) is 5.92 Å². The van der Waals surface area contributed by atoms with Gasteiger partial charge >= 0.3 is 0 Å². The zero-order valence-corrected chi connectivity index (χ0v) is 16.3. The second-order valence-electron chi connectivity index (χ2n) is 7.03. The summed E-state index contributed by atoms with van der Waals surface area (Å²) in [5.41, 5.74) is 1.75. The van der Waals surface area contributed by atoms with Crippen molar-refractivity contribution in [3.63, 3.8) is 0 Å². The van der Waals surface area contributed by atoms with E-state index in [1.807, 2.05) is 36.1 Å². The first kappa shape index (κ1) is 19.1. The predicted octanol–water partition coefficient (Wildman–Crippen LogP) is 4.02. The van der Waals surface area contributed by atoms with Crippen molar-refractivity contribution in [2.45, 2.75) is 19.8 Å². The molecular weight excluding hydrogens is 371 g/mol. The summed E-state index contributed by atoms with van der Waals surface area (Å²) in [6, 6.07) is 13.8. The van der Waals surface area contributed by atoms with E-state index in [4.69, 9.17) is 9.72 Å². The van der Waals surface area contributed by atoms with Crippen LogP contribution in [0, 0.1) is 11.7 Å². The zero-order chi connectivity index (χ0) is 20.2. The molecule has 6 nitrogen and oxygen atoms in total. The third-order valence-corrected chi connectivity index (χ3v) is 5.03. The Balaban J connectivity index is 1.57. The summed E-state index contributed by atoms with van der Waals surface area (Å²) in [5, 5.41) is 2.71. The molecule has 1 aliphatic rings. The maximum absolute atomic E-state index is 13.9. The van der Waals surface area contributed by atoms with Gasteiger partial charge in [0.2, 0.25) is 5.91 Å². The highest BCUT2D eigenvalue weighted by Gasteiger charge is 2.29. The maximum Gasteiger partial charge on any atom is 0.258 e. The highest BCUT2D eigenvalue weighted by atomic mass is 19.1. The molecule has 1 N–H and O–H groups in total. The summed E-state index contributed by atoms with van der Waals surface area (Å²) < 4.78 is 19.6. The number of nitrogens with one attached hydrogen (secondary N) is 1. The molecule has 0 radical (unpaired) electrons. The number of hydrogen-bond donors (Lipinski definition) is 1. The van der Waals surface area contributed by atoms with Gasteiger partial charge in [-0.25, -0.2) is 14.4 Å². The Hall–Kier alpha value is -3.22. The van der Waals surface area contributed by atoms with Crippen LogP contribution in [0.3, 0.4) is 0 Å². The Morgan fingerprint density at radius 3 is 2.66 bits per heavy atom. The number of benzene rings is 2. The van der Waals surface area contributed by atoms with Gasteiger partial charge in [0, 0.05) is 13.1 Å². The number of fused-ring (bicyclic) bond motifs is 1. The Kier molecular flexibility index (Phi) is 5.55. The summed E-state index contributed by atoms with van der Waals surface area (Å²) in [6.45, 7) is 3.62. The number of para-hydroxylation sites is 3. The largest absolute Gasteiger partial charge is 0.475 e. The lowest BCUT2D eigenvalue weighted by molar-refractivity contribution is -0.120. The Morgan fingerprint density at radius 2 is 1.90 bits per heavy atom. The molecule has 4 rings (SSSR count). The predicted molar refractivity (Wildman–Crippen MR) is 111 cm³/mol. The number of ether oxygens (including phenoxy) is 1. The fourth-order valence-electron chi connectivity index (χ4n) is 3.59. The first-order chi connectivity index (χ1) is 14.2. The van der Waals surface area contributed by atoms with Crippen molar-refractivity contribution in [1.82, 2.24) is 9.97 Å². The molecule has 0 spiro atoms. The van der Waals surface area contributed by atoms with E-state index in [0.717, 1.165) is 30.4 Å². The van der Waals surface area contributed by atoms with Gasteiger partial charge < -0.3 is 15.0 Å². The summed E-state index contributed by atoms with van der Waals surface area (Å²) in [5.74, 6) is 0.223. The highest BCUT2D eigenvalue weighted by Crippen LogP contribution is 2.31. The minimum absolute atomic E-state index is 0.188. The number of piperidine rings is 1. The number of aromatic nitrogens is 2. The Labute approximate surface area is 168 Å². The van der Waals surface area contributed by atoms with Crippen LogP contribution in [-0.4, -0.2) is 35.6 Å². The van der Waals surface area contributed by atoms with Crippen molar-refractivity contribution < 1.29 is 13.9 Å². The van der Waals surface area contributed by atoms with Crippen molar-refractivity contribution in [3.8, 4) is 5.88 Å². The molecule has 2 heterocycles. The van der Waals surface area contributed by atoms with Crippen molar-refractivity contribution in [1.29, 1.82) is 0 Å². The van der Waals surface area contributed by atoms with Crippen LogP contribution in [0.25, 0.3) is 11.0 Å². The van der Waals surface area contributed by atoms with Gasteiger partial charge in [0.15, 0.2) is 5.82 Å². The summed E-state index contributed by atoms with van der Waals surface area (Å²) in [4.78, 5) is 24.2. The number of nitrogens with zero attached hydrogens (tertiary/aromatic N) is 3. The quantitative estimate of drug-likeness (QED) is 0.708. The average Bonchev–Trinajstić information content (AvgIpc) is 2.75. The van der Waals surface area contributed by atoms with Crippen LogP contribution in [-0.2, 0) is 4.79 Å². The molecule has 150 valence electrons. The normalized spacial score (nSPS) is 16.6. The van der Waals surface area contributed by atoms with E-state index in [0.29, 0.717) is 24.8 Å². The fourth-order valence-corrected chi connectivity index (χ4v) is 3.59. The van der Waals surface area contributed by atoms with Crippen LogP contribution in [0.2, 0.25) is 0 Å². The molecule has 1 aliphatic heterocycles. The number of carbonyl (C=O) groups excluding carboxylic acids is 1. The van der Waals surface area contributed by atoms with E-state index in [1.54, 1.807) is 18.2 Å². The van der Waals surface area contributed by atoms with Gasteiger partial charge in [-0.05, 0) is 44.0 Å². The number of hydrogen-bond acceptors (Lipinski definition) is 5. The fraction of sp³-hybridized carbons (Fsp3) is 0.318. The smallest absolute Gasteiger partial charge is 0.258 e. The third-order valence-electron chi connectivity index (χ3n) is 5.03. The molecule has 2 aromatic carbocycles. The second kappa shape index (κ2) is 8.43. The van der Waals surface area contributed by atoms with Crippen molar-refractivity contribution in [2.75, 3.05) is 29.9 Å². The molecule has 1 saturated heterocycles. The van der Waals surface area contributed by atoms with Gasteiger partial charge in [0.05, 0.1) is 29.2 Å². The number of amides is 1. The number of anilines is 2. The molecular formula is C22H23FN4O2. The van der Waals surface area contributed by atoms with E-state index in [2.05, 4.69) is 10.3 Å². The molecule has 29 heavy (non-hydrogen) atoms. The summed E-state index contributed by atoms with van der Waals surface area (Å²) >= 11 is 0. The second-order valence-corrected chi connectivity index (χ2v) is 7.03. The number of rotatable bonds is 5. The molecule has 1 amide bonds. The molecule has 1 fully saturated rings. The van der Waals surface area contributed by atoms with Crippen molar-refractivity contribution >= 4 is 28.4 Å². The molecule has 3 aromatic rings. The summed E-state index contributed by atoms with van der Waals surface area (Å²) in [7, 11) is 0. The molecule has 0 saturated carbocycles. The van der Waals surface area contributed by atoms with E-state index in [1.165, 1.54) is 6.07 Å². The average molecular weight is 394 g/mol. The van der Waals surface area contributed by atoms with Crippen LogP contribution in [0.5, 0.6) is 5.88 Å². The van der Waals surface area contributed by atoms with Crippen LogP contribution in [0.1, 0.15) is 19.8 Å². The molecule has 1 unspecified atom stereocenters. The van der Waals surface area contributed by atoms with E-state index in [-0.39, 0.29) is 17.5 Å². The van der Waals surface area contributed by atoms with Gasteiger partial charge in [0.25, 0.3) is 5.88 Å². The standard InChI is InChI=1S/C22H23FN4O2/c1-2-29-22-20(24-18-11-5-6-12-19(18)26-22)27-13-7-8-15(14-27)21(28)25-17-10-4-3-9-16(17)23/h3-6,9-12,15H,2,7-8,13-14H2,1H3,(H,25,28). The Bertz CT molecular complexity index is 1030. The van der Waals surface area contributed by atoms with Gasteiger partial charge in [-0.15, -0.1) is 0 Å². The van der Waals surface area contributed by atoms with Crippen LogP contribution in [0.4, 0.5) is 15.9 Å².